The van der Waals surface area contributed by atoms with Gasteiger partial charge in [-0.2, -0.15) is 0 Å². The topological polar surface area (TPSA) is 0 Å². The third-order valence-electron chi connectivity index (χ3n) is 5.64. The predicted molar refractivity (Wildman–Crippen MR) is 80.9 cm³/mol. The van der Waals surface area contributed by atoms with Crippen LogP contribution in [-0.4, -0.2) is 6.67 Å². The van der Waals surface area contributed by atoms with Gasteiger partial charge in [-0.15, -0.1) is 0 Å². The van der Waals surface area contributed by atoms with Gasteiger partial charge in [0.05, 0.1) is 6.67 Å². The Kier molecular flexibility index (Phi) is 6.40. The first-order valence-electron chi connectivity index (χ1n) is 8.56. The Hall–Kier alpha value is -0.330. The lowest BCUT2D eigenvalue weighted by Gasteiger charge is -2.37. The molecule has 0 N–H and O–H groups in total. The average Bonchev–Trinajstić information content (AvgIpc) is 2.48. The molecule has 0 bridgehead atoms. The molecule has 0 heterocycles. The zero-order chi connectivity index (χ0) is 13.5. The van der Waals surface area contributed by atoms with Gasteiger partial charge in [0.25, 0.3) is 0 Å². The monoisotopic (exact) mass is 266 g/mol. The highest BCUT2D eigenvalue weighted by molar-refractivity contribution is 4.92. The number of halogens is 1. The van der Waals surface area contributed by atoms with Gasteiger partial charge in [-0.05, 0) is 68.6 Å². The standard InChI is InChI=1S/C18H31F/c1-2-15-6-10-17(11-7-15)18-12-8-16(9-13-18)5-3-4-14-19/h3,5,15-18H,2,4,6-14H2,1H3. The molecule has 1 heteroatoms. The van der Waals surface area contributed by atoms with E-state index in [1.165, 1.54) is 57.8 Å². The van der Waals surface area contributed by atoms with Gasteiger partial charge in [0.15, 0.2) is 0 Å². The van der Waals surface area contributed by atoms with Gasteiger partial charge in [0.2, 0.25) is 0 Å². The number of allylic oxidation sites excluding steroid dienone is 2. The van der Waals surface area contributed by atoms with Crippen molar-refractivity contribution in [2.24, 2.45) is 23.7 Å². The second-order valence-corrected chi connectivity index (χ2v) is 6.77. The molecule has 110 valence electrons. The van der Waals surface area contributed by atoms with Gasteiger partial charge in [-0.25, -0.2) is 0 Å². The maximum atomic E-state index is 12.1. The minimum Gasteiger partial charge on any atom is -0.251 e. The van der Waals surface area contributed by atoms with Crippen LogP contribution in [0.15, 0.2) is 12.2 Å². The summed E-state index contributed by atoms with van der Waals surface area (Å²) in [6.45, 7) is 2.15. The second kappa shape index (κ2) is 8.07. The highest BCUT2D eigenvalue weighted by atomic mass is 19.1. The van der Waals surface area contributed by atoms with E-state index in [1.807, 2.05) is 0 Å². The van der Waals surface area contributed by atoms with Gasteiger partial charge in [-0.1, -0.05) is 38.3 Å². The molecule has 0 unspecified atom stereocenters. The first-order valence-corrected chi connectivity index (χ1v) is 8.56. The molecule has 0 aromatic rings. The summed E-state index contributed by atoms with van der Waals surface area (Å²) in [5, 5.41) is 0. The summed E-state index contributed by atoms with van der Waals surface area (Å²) >= 11 is 0. The first kappa shape index (κ1) is 15.1. The number of hydrogen-bond donors (Lipinski definition) is 0. The average molecular weight is 266 g/mol. The van der Waals surface area contributed by atoms with E-state index in [9.17, 15) is 4.39 Å². The fraction of sp³-hybridized carbons (Fsp3) is 0.889. The molecule has 0 atom stereocenters. The zero-order valence-electron chi connectivity index (χ0n) is 12.6. The van der Waals surface area contributed by atoms with Crippen molar-refractivity contribution in [2.75, 3.05) is 6.67 Å². The highest BCUT2D eigenvalue weighted by Crippen LogP contribution is 2.42. The van der Waals surface area contributed by atoms with Gasteiger partial charge in [-0.3, -0.25) is 4.39 Å². The van der Waals surface area contributed by atoms with Crippen LogP contribution in [0.3, 0.4) is 0 Å². The summed E-state index contributed by atoms with van der Waals surface area (Å²) in [6.07, 6.45) is 17.8. The van der Waals surface area contributed by atoms with Crippen molar-refractivity contribution in [1.29, 1.82) is 0 Å². The van der Waals surface area contributed by atoms with Crippen LogP contribution in [0.1, 0.15) is 71.1 Å². The Balaban J connectivity index is 1.68. The van der Waals surface area contributed by atoms with E-state index in [-0.39, 0.29) is 6.67 Å². The van der Waals surface area contributed by atoms with Crippen molar-refractivity contribution in [3.8, 4) is 0 Å². The SMILES string of the molecule is CCC1CCC(C2CCC(C=CCCF)CC2)CC1. The Labute approximate surface area is 118 Å². The van der Waals surface area contributed by atoms with Gasteiger partial charge < -0.3 is 0 Å². The van der Waals surface area contributed by atoms with E-state index in [2.05, 4.69) is 19.1 Å². The molecule has 0 saturated heterocycles. The predicted octanol–water partition coefficient (Wildman–Crippen LogP) is 5.93. The molecule has 2 aliphatic carbocycles. The Morgan fingerprint density at radius 1 is 0.895 bits per heavy atom. The fourth-order valence-electron chi connectivity index (χ4n) is 4.23. The summed E-state index contributed by atoms with van der Waals surface area (Å²) in [5.74, 6) is 3.80. The van der Waals surface area contributed by atoms with Crippen LogP contribution >= 0.6 is 0 Å². The molecule has 2 fully saturated rings. The molecule has 0 nitrogen and oxygen atoms in total. The third kappa shape index (κ3) is 4.61. The van der Waals surface area contributed by atoms with E-state index >= 15 is 0 Å². The molecule has 2 rings (SSSR count). The van der Waals surface area contributed by atoms with E-state index < -0.39 is 0 Å². The molecule has 0 aromatic heterocycles. The second-order valence-electron chi connectivity index (χ2n) is 6.77. The summed E-state index contributed by atoms with van der Waals surface area (Å²) in [4.78, 5) is 0. The quantitative estimate of drug-likeness (QED) is 0.541. The van der Waals surface area contributed by atoms with Crippen LogP contribution < -0.4 is 0 Å². The molecular weight excluding hydrogens is 235 g/mol. The minimum atomic E-state index is -0.202. The van der Waals surface area contributed by atoms with Gasteiger partial charge >= 0.3 is 0 Å². The molecule has 0 radical (unpaired) electrons. The van der Waals surface area contributed by atoms with E-state index in [0.717, 1.165) is 23.7 Å². The first-order chi connectivity index (χ1) is 9.33. The largest absolute Gasteiger partial charge is 0.251 e. The van der Waals surface area contributed by atoms with E-state index in [1.54, 1.807) is 0 Å². The summed E-state index contributed by atoms with van der Waals surface area (Å²) in [5.41, 5.74) is 0. The Bertz CT molecular complexity index is 255. The lowest BCUT2D eigenvalue weighted by molar-refractivity contribution is 0.154. The van der Waals surface area contributed by atoms with Crippen molar-refractivity contribution in [2.45, 2.75) is 71.1 Å². The maximum Gasteiger partial charge on any atom is 0.0928 e. The van der Waals surface area contributed by atoms with Gasteiger partial charge in [0.1, 0.15) is 0 Å². The lowest BCUT2D eigenvalue weighted by atomic mass is 9.69. The Morgan fingerprint density at radius 2 is 1.47 bits per heavy atom. The van der Waals surface area contributed by atoms with Crippen LogP contribution in [0, 0.1) is 23.7 Å². The normalized spacial score (nSPS) is 36.7. The van der Waals surface area contributed by atoms with Crippen molar-refractivity contribution >= 4 is 0 Å². The molecule has 0 amide bonds. The number of hydrogen-bond acceptors (Lipinski definition) is 0. The van der Waals surface area contributed by atoms with Crippen LogP contribution in [0.2, 0.25) is 0 Å². The van der Waals surface area contributed by atoms with Crippen molar-refractivity contribution in [3.63, 3.8) is 0 Å². The van der Waals surface area contributed by atoms with Gasteiger partial charge in [0, 0.05) is 0 Å². The Morgan fingerprint density at radius 3 is 2.00 bits per heavy atom. The van der Waals surface area contributed by atoms with Crippen molar-refractivity contribution in [1.82, 2.24) is 0 Å². The van der Waals surface area contributed by atoms with Crippen LogP contribution in [0.25, 0.3) is 0 Å². The lowest BCUT2D eigenvalue weighted by Crippen LogP contribution is -2.25. The molecule has 2 saturated carbocycles. The molecule has 2 aliphatic rings. The van der Waals surface area contributed by atoms with Crippen LogP contribution in [0.4, 0.5) is 4.39 Å². The number of alkyl halides is 1. The fourth-order valence-corrected chi connectivity index (χ4v) is 4.23. The molecule has 0 spiro atoms. The molecular formula is C18H31F. The number of rotatable bonds is 5. The molecule has 19 heavy (non-hydrogen) atoms. The highest BCUT2D eigenvalue weighted by Gasteiger charge is 2.29. The molecule has 0 aliphatic heterocycles. The van der Waals surface area contributed by atoms with Crippen molar-refractivity contribution in [3.05, 3.63) is 12.2 Å². The van der Waals surface area contributed by atoms with Crippen LogP contribution in [-0.2, 0) is 0 Å². The summed E-state index contributed by atoms with van der Waals surface area (Å²) in [6, 6.07) is 0. The summed E-state index contributed by atoms with van der Waals surface area (Å²) in [7, 11) is 0. The molecule has 0 aromatic carbocycles. The summed E-state index contributed by atoms with van der Waals surface area (Å²) < 4.78 is 12.1. The zero-order valence-corrected chi connectivity index (χ0v) is 12.6. The van der Waals surface area contributed by atoms with Crippen LogP contribution in [0.5, 0.6) is 0 Å². The van der Waals surface area contributed by atoms with Crippen molar-refractivity contribution < 1.29 is 4.39 Å². The van der Waals surface area contributed by atoms with E-state index in [4.69, 9.17) is 0 Å². The third-order valence-corrected chi connectivity index (χ3v) is 5.64. The smallest absolute Gasteiger partial charge is 0.0928 e. The van der Waals surface area contributed by atoms with E-state index in [0.29, 0.717) is 6.42 Å². The minimum absolute atomic E-state index is 0.202. The maximum absolute atomic E-state index is 12.1.